The van der Waals surface area contributed by atoms with E-state index in [1.807, 2.05) is 24.3 Å². The Morgan fingerprint density at radius 1 is 1.15 bits per heavy atom. The Labute approximate surface area is 160 Å². The van der Waals surface area contributed by atoms with E-state index >= 15 is 0 Å². The Kier molecular flexibility index (Phi) is 7.46. The molecule has 2 aliphatic rings. The van der Waals surface area contributed by atoms with Gasteiger partial charge in [-0.25, -0.2) is 0 Å². The van der Waals surface area contributed by atoms with Crippen LogP contribution in [0.2, 0.25) is 0 Å². The standard InChI is InChI=1S/C20H30N2O5/c23-19-6-8-22(15-18(19)20(24)25)14-16-2-4-17(5-3-16)27-11-1-7-21-9-12-26-13-10-21/h2-5,18-19,23H,1,6-15H2,(H,24,25)/t18-,19+/m1/s1. The van der Waals surface area contributed by atoms with Gasteiger partial charge in [-0.2, -0.15) is 0 Å². The number of hydrogen-bond acceptors (Lipinski definition) is 6. The number of benzene rings is 1. The lowest BCUT2D eigenvalue weighted by molar-refractivity contribution is -0.149. The smallest absolute Gasteiger partial charge is 0.310 e. The van der Waals surface area contributed by atoms with Crippen molar-refractivity contribution in [2.45, 2.75) is 25.5 Å². The third-order valence-electron chi connectivity index (χ3n) is 5.30. The SMILES string of the molecule is O=C(O)[C@@H]1CN(Cc2ccc(OCCCN3CCOCC3)cc2)CC[C@@H]1O. The van der Waals surface area contributed by atoms with Crippen LogP contribution >= 0.6 is 0 Å². The van der Waals surface area contributed by atoms with Gasteiger partial charge in [0.15, 0.2) is 0 Å². The zero-order valence-corrected chi connectivity index (χ0v) is 15.8. The maximum absolute atomic E-state index is 11.2. The van der Waals surface area contributed by atoms with Crippen LogP contribution in [0.15, 0.2) is 24.3 Å². The third-order valence-corrected chi connectivity index (χ3v) is 5.30. The average Bonchev–Trinajstić information content (AvgIpc) is 2.68. The van der Waals surface area contributed by atoms with E-state index in [9.17, 15) is 15.0 Å². The minimum atomic E-state index is -0.923. The minimum Gasteiger partial charge on any atom is -0.494 e. The van der Waals surface area contributed by atoms with E-state index in [-0.39, 0.29) is 0 Å². The summed E-state index contributed by atoms with van der Waals surface area (Å²) in [6.45, 7) is 7.18. The van der Waals surface area contributed by atoms with E-state index in [0.29, 0.717) is 32.7 Å². The van der Waals surface area contributed by atoms with Crippen LogP contribution < -0.4 is 4.74 Å². The highest BCUT2D eigenvalue weighted by Gasteiger charge is 2.32. The summed E-state index contributed by atoms with van der Waals surface area (Å²) in [5, 5.41) is 19.0. The van der Waals surface area contributed by atoms with Gasteiger partial charge in [0.05, 0.1) is 31.8 Å². The van der Waals surface area contributed by atoms with Crippen LogP contribution in [-0.2, 0) is 16.1 Å². The number of morpholine rings is 1. The van der Waals surface area contributed by atoms with Crippen LogP contribution in [0, 0.1) is 5.92 Å². The predicted octanol–water partition coefficient (Wildman–Crippen LogP) is 1.06. The molecular weight excluding hydrogens is 348 g/mol. The van der Waals surface area contributed by atoms with Gasteiger partial charge < -0.3 is 19.7 Å². The van der Waals surface area contributed by atoms with Crippen molar-refractivity contribution in [2.24, 2.45) is 5.92 Å². The summed E-state index contributed by atoms with van der Waals surface area (Å²) in [7, 11) is 0. The minimum absolute atomic E-state index is 0.385. The molecule has 0 unspecified atom stereocenters. The number of likely N-dealkylation sites (tertiary alicyclic amines) is 1. The normalized spacial score (nSPS) is 24.6. The zero-order valence-electron chi connectivity index (χ0n) is 15.8. The van der Waals surface area contributed by atoms with Crippen molar-refractivity contribution in [3.8, 4) is 5.75 Å². The molecule has 2 fully saturated rings. The Balaban J connectivity index is 1.38. The number of piperidine rings is 1. The summed E-state index contributed by atoms with van der Waals surface area (Å²) in [6.07, 6.45) is 0.752. The van der Waals surface area contributed by atoms with Crippen molar-refractivity contribution in [3.05, 3.63) is 29.8 Å². The maximum atomic E-state index is 11.2. The van der Waals surface area contributed by atoms with Crippen LogP contribution in [0.3, 0.4) is 0 Å². The quantitative estimate of drug-likeness (QED) is 0.655. The zero-order chi connectivity index (χ0) is 19.1. The van der Waals surface area contributed by atoms with E-state index in [0.717, 1.165) is 50.6 Å². The van der Waals surface area contributed by atoms with Crippen LogP contribution in [0.1, 0.15) is 18.4 Å². The Hall–Kier alpha value is -1.67. The van der Waals surface area contributed by atoms with E-state index in [2.05, 4.69) is 9.80 Å². The summed E-state index contributed by atoms with van der Waals surface area (Å²) in [6, 6.07) is 7.99. The molecule has 7 heteroatoms. The molecular formula is C20H30N2O5. The molecule has 0 saturated carbocycles. The molecule has 0 amide bonds. The number of hydrogen-bond donors (Lipinski definition) is 2. The van der Waals surface area contributed by atoms with E-state index in [1.54, 1.807) is 0 Å². The first-order chi connectivity index (χ1) is 13.1. The molecule has 2 aliphatic heterocycles. The van der Waals surface area contributed by atoms with Crippen LogP contribution in [0.25, 0.3) is 0 Å². The molecule has 0 aliphatic carbocycles. The summed E-state index contributed by atoms with van der Waals surface area (Å²) in [5.74, 6) is -0.765. The van der Waals surface area contributed by atoms with Gasteiger partial charge in [-0.3, -0.25) is 14.6 Å². The summed E-state index contributed by atoms with van der Waals surface area (Å²) in [5.41, 5.74) is 1.12. The van der Waals surface area contributed by atoms with Gasteiger partial charge in [0, 0.05) is 39.3 Å². The summed E-state index contributed by atoms with van der Waals surface area (Å²) in [4.78, 5) is 15.7. The summed E-state index contributed by atoms with van der Waals surface area (Å²) < 4.78 is 11.2. The Morgan fingerprint density at radius 2 is 1.89 bits per heavy atom. The van der Waals surface area contributed by atoms with Crippen LogP contribution in [0.5, 0.6) is 5.75 Å². The fraction of sp³-hybridized carbons (Fsp3) is 0.650. The molecule has 150 valence electrons. The summed E-state index contributed by atoms with van der Waals surface area (Å²) >= 11 is 0. The fourth-order valence-electron chi connectivity index (χ4n) is 3.65. The predicted molar refractivity (Wildman–Crippen MR) is 101 cm³/mol. The lowest BCUT2D eigenvalue weighted by Crippen LogP contribution is -2.46. The first-order valence-electron chi connectivity index (χ1n) is 9.77. The first kappa shape index (κ1) is 20.1. The average molecular weight is 378 g/mol. The highest BCUT2D eigenvalue weighted by atomic mass is 16.5. The van der Waals surface area contributed by atoms with E-state index < -0.39 is 18.0 Å². The molecule has 0 bridgehead atoms. The van der Waals surface area contributed by atoms with Crippen molar-refractivity contribution in [1.82, 2.24) is 9.80 Å². The van der Waals surface area contributed by atoms with Crippen molar-refractivity contribution in [1.29, 1.82) is 0 Å². The molecule has 1 aromatic carbocycles. The molecule has 0 spiro atoms. The Bertz CT molecular complexity index is 589. The number of carbonyl (C=O) groups is 1. The van der Waals surface area contributed by atoms with E-state index in [1.165, 1.54) is 0 Å². The number of carboxylic acid groups (broad SMARTS) is 1. The van der Waals surface area contributed by atoms with Crippen LogP contribution in [-0.4, -0.2) is 84.6 Å². The number of rotatable bonds is 8. The van der Waals surface area contributed by atoms with E-state index in [4.69, 9.17) is 9.47 Å². The molecule has 0 radical (unpaired) electrons. The molecule has 1 aromatic rings. The highest BCUT2D eigenvalue weighted by Crippen LogP contribution is 2.20. The number of aliphatic carboxylic acids is 1. The fourth-order valence-corrected chi connectivity index (χ4v) is 3.65. The second kappa shape index (κ2) is 10.0. The van der Waals surface area contributed by atoms with Crippen molar-refractivity contribution in [2.75, 3.05) is 52.5 Å². The molecule has 0 aromatic heterocycles. The molecule has 2 heterocycles. The van der Waals surface area contributed by atoms with Gasteiger partial charge in [-0.1, -0.05) is 12.1 Å². The van der Waals surface area contributed by atoms with Gasteiger partial charge in [0.25, 0.3) is 0 Å². The first-order valence-corrected chi connectivity index (χ1v) is 9.77. The Morgan fingerprint density at radius 3 is 2.59 bits per heavy atom. The number of ether oxygens (including phenoxy) is 2. The van der Waals surface area contributed by atoms with Gasteiger partial charge in [-0.05, 0) is 30.5 Å². The topological polar surface area (TPSA) is 82.5 Å². The second-order valence-corrected chi connectivity index (χ2v) is 7.34. The number of carboxylic acids is 1. The van der Waals surface area contributed by atoms with Gasteiger partial charge in [-0.15, -0.1) is 0 Å². The van der Waals surface area contributed by atoms with Crippen molar-refractivity contribution < 1.29 is 24.5 Å². The van der Waals surface area contributed by atoms with Gasteiger partial charge >= 0.3 is 5.97 Å². The number of aliphatic hydroxyl groups excluding tert-OH is 1. The van der Waals surface area contributed by atoms with Crippen molar-refractivity contribution >= 4 is 5.97 Å². The molecule has 2 saturated heterocycles. The van der Waals surface area contributed by atoms with Gasteiger partial charge in [0.2, 0.25) is 0 Å². The molecule has 2 atom stereocenters. The lowest BCUT2D eigenvalue weighted by Gasteiger charge is -2.34. The van der Waals surface area contributed by atoms with Gasteiger partial charge in [0.1, 0.15) is 5.75 Å². The second-order valence-electron chi connectivity index (χ2n) is 7.34. The monoisotopic (exact) mass is 378 g/mol. The maximum Gasteiger partial charge on any atom is 0.310 e. The highest BCUT2D eigenvalue weighted by molar-refractivity contribution is 5.71. The number of aliphatic hydroxyl groups is 1. The van der Waals surface area contributed by atoms with Crippen LogP contribution in [0.4, 0.5) is 0 Å². The molecule has 3 rings (SSSR count). The lowest BCUT2D eigenvalue weighted by atomic mass is 9.94. The molecule has 27 heavy (non-hydrogen) atoms. The molecule has 7 nitrogen and oxygen atoms in total. The largest absolute Gasteiger partial charge is 0.494 e. The van der Waals surface area contributed by atoms with Crippen molar-refractivity contribution in [3.63, 3.8) is 0 Å². The third kappa shape index (κ3) is 6.17. The number of nitrogens with zero attached hydrogens (tertiary/aromatic N) is 2. The molecule has 2 N–H and O–H groups in total.